The maximum absolute atomic E-state index is 11.2. The highest BCUT2D eigenvalue weighted by atomic mass is 16.2. The van der Waals surface area contributed by atoms with Crippen LogP contribution in [0.4, 0.5) is 4.79 Å². The van der Waals surface area contributed by atoms with Crippen LogP contribution in [0, 0.1) is 5.92 Å². The quantitative estimate of drug-likeness (QED) is 0.643. The van der Waals surface area contributed by atoms with Crippen LogP contribution < -0.4 is 10.6 Å². The van der Waals surface area contributed by atoms with Gasteiger partial charge >= 0.3 is 6.03 Å². The van der Waals surface area contributed by atoms with Crippen molar-refractivity contribution in [2.75, 3.05) is 26.2 Å². The molecule has 5 nitrogen and oxygen atoms in total. The van der Waals surface area contributed by atoms with E-state index in [1.807, 2.05) is 0 Å². The van der Waals surface area contributed by atoms with Gasteiger partial charge in [-0.1, -0.05) is 0 Å². The lowest BCUT2D eigenvalue weighted by atomic mass is 10.0. The van der Waals surface area contributed by atoms with Crippen LogP contribution in [0.2, 0.25) is 0 Å². The third kappa shape index (κ3) is 1.81. The first-order valence-corrected chi connectivity index (χ1v) is 5.08. The highest BCUT2D eigenvalue weighted by Gasteiger charge is 2.26. The van der Waals surface area contributed by atoms with E-state index in [-0.39, 0.29) is 17.9 Å². The lowest BCUT2D eigenvalue weighted by Crippen LogP contribution is -2.31. The molecule has 2 fully saturated rings. The van der Waals surface area contributed by atoms with Gasteiger partial charge in [-0.15, -0.1) is 0 Å². The molecule has 0 radical (unpaired) electrons. The van der Waals surface area contributed by atoms with E-state index in [4.69, 9.17) is 0 Å². The van der Waals surface area contributed by atoms with Gasteiger partial charge in [-0.25, -0.2) is 4.79 Å². The average molecular weight is 197 g/mol. The summed E-state index contributed by atoms with van der Waals surface area (Å²) in [6.07, 6.45) is 1.70. The topological polar surface area (TPSA) is 61.4 Å². The minimum Gasteiger partial charge on any atom is -0.356 e. The first-order chi connectivity index (χ1) is 6.77. The molecule has 0 bridgehead atoms. The standard InChI is InChI=1S/C9H15N3O2/c13-8-7(1-3-10-8)2-5-12-6-4-11-9(12)14/h7H,1-6H2,(H,10,13)(H,11,14). The molecule has 0 spiro atoms. The summed E-state index contributed by atoms with van der Waals surface area (Å²) in [5.74, 6) is 0.257. The van der Waals surface area contributed by atoms with Crippen molar-refractivity contribution in [1.29, 1.82) is 0 Å². The summed E-state index contributed by atoms with van der Waals surface area (Å²) in [7, 11) is 0. The van der Waals surface area contributed by atoms with Gasteiger partial charge in [0, 0.05) is 32.1 Å². The molecule has 2 aliphatic heterocycles. The van der Waals surface area contributed by atoms with Crippen molar-refractivity contribution in [2.24, 2.45) is 5.92 Å². The Kier molecular flexibility index (Phi) is 2.56. The first-order valence-electron chi connectivity index (χ1n) is 5.08. The van der Waals surface area contributed by atoms with Crippen molar-refractivity contribution >= 4 is 11.9 Å². The van der Waals surface area contributed by atoms with E-state index in [2.05, 4.69) is 10.6 Å². The third-order valence-corrected chi connectivity index (χ3v) is 2.86. The fourth-order valence-corrected chi connectivity index (χ4v) is 1.96. The highest BCUT2D eigenvalue weighted by molar-refractivity contribution is 5.80. The SMILES string of the molecule is O=C1NCCC1CCN1CCNC1=O. The van der Waals surface area contributed by atoms with Crippen molar-refractivity contribution in [3.05, 3.63) is 0 Å². The van der Waals surface area contributed by atoms with Crippen molar-refractivity contribution in [1.82, 2.24) is 15.5 Å². The maximum Gasteiger partial charge on any atom is 0.317 e. The van der Waals surface area contributed by atoms with Crippen molar-refractivity contribution in [3.63, 3.8) is 0 Å². The summed E-state index contributed by atoms with van der Waals surface area (Å²) in [4.78, 5) is 24.2. The monoisotopic (exact) mass is 197 g/mol. The Balaban J connectivity index is 1.76. The van der Waals surface area contributed by atoms with Crippen LogP contribution in [-0.4, -0.2) is 43.0 Å². The number of nitrogens with one attached hydrogen (secondary N) is 2. The van der Waals surface area contributed by atoms with Crippen LogP contribution in [-0.2, 0) is 4.79 Å². The second-order valence-electron chi connectivity index (χ2n) is 3.78. The smallest absolute Gasteiger partial charge is 0.317 e. The Morgan fingerprint density at radius 1 is 1.29 bits per heavy atom. The van der Waals surface area contributed by atoms with Gasteiger partial charge in [0.2, 0.25) is 5.91 Å². The predicted octanol–water partition coefficient (Wildman–Crippen LogP) is -0.462. The van der Waals surface area contributed by atoms with E-state index < -0.39 is 0 Å². The fourth-order valence-electron chi connectivity index (χ4n) is 1.96. The molecule has 2 N–H and O–H groups in total. The van der Waals surface area contributed by atoms with E-state index in [0.717, 1.165) is 32.5 Å². The zero-order valence-electron chi connectivity index (χ0n) is 8.08. The fraction of sp³-hybridized carbons (Fsp3) is 0.778. The zero-order valence-corrected chi connectivity index (χ0v) is 8.08. The Labute approximate surface area is 82.8 Å². The molecule has 2 saturated heterocycles. The zero-order chi connectivity index (χ0) is 9.97. The van der Waals surface area contributed by atoms with Gasteiger partial charge < -0.3 is 15.5 Å². The van der Waals surface area contributed by atoms with E-state index >= 15 is 0 Å². The number of nitrogens with zero attached hydrogens (tertiary/aromatic N) is 1. The lowest BCUT2D eigenvalue weighted by Gasteiger charge is -2.15. The van der Waals surface area contributed by atoms with Crippen LogP contribution in [0.3, 0.4) is 0 Å². The number of hydrogen-bond donors (Lipinski definition) is 2. The summed E-state index contributed by atoms with van der Waals surface area (Å²) >= 11 is 0. The van der Waals surface area contributed by atoms with Crippen LogP contribution in [0.1, 0.15) is 12.8 Å². The first kappa shape index (κ1) is 9.30. The van der Waals surface area contributed by atoms with Crippen LogP contribution in [0.15, 0.2) is 0 Å². The van der Waals surface area contributed by atoms with Crippen molar-refractivity contribution < 1.29 is 9.59 Å². The minimum atomic E-state index is 0.00315. The molecule has 0 aliphatic carbocycles. The molecule has 0 aromatic carbocycles. The summed E-state index contributed by atoms with van der Waals surface area (Å²) < 4.78 is 0. The predicted molar refractivity (Wildman–Crippen MR) is 50.7 cm³/mol. The summed E-state index contributed by atoms with van der Waals surface area (Å²) in [6, 6.07) is 0.00315. The highest BCUT2D eigenvalue weighted by Crippen LogP contribution is 2.14. The molecule has 0 saturated carbocycles. The molecule has 0 aromatic heterocycles. The summed E-state index contributed by atoms with van der Waals surface area (Å²) in [5.41, 5.74) is 0. The molecule has 2 rings (SSSR count). The van der Waals surface area contributed by atoms with Gasteiger partial charge in [0.1, 0.15) is 0 Å². The van der Waals surface area contributed by atoms with Gasteiger partial charge in [0.15, 0.2) is 0 Å². The number of rotatable bonds is 3. The third-order valence-electron chi connectivity index (χ3n) is 2.86. The number of hydrogen-bond acceptors (Lipinski definition) is 2. The number of amides is 3. The second kappa shape index (κ2) is 3.86. The average Bonchev–Trinajstić information content (AvgIpc) is 2.72. The largest absolute Gasteiger partial charge is 0.356 e. The van der Waals surface area contributed by atoms with Crippen LogP contribution in [0.25, 0.3) is 0 Å². The second-order valence-corrected chi connectivity index (χ2v) is 3.78. The molecule has 14 heavy (non-hydrogen) atoms. The van der Waals surface area contributed by atoms with Gasteiger partial charge in [-0.2, -0.15) is 0 Å². The van der Waals surface area contributed by atoms with E-state index in [9.17, 15) is 9.59 Å². The van der Waals surface area contributed by atoms with Gasteiger partial charge in [0.25, 0.3) is 0 Å². The Morgan fingerprint density at radius 3 is 2.71 bits per heavy atom. The molecule has 0 aromatic rings. The Morgan fingerprint density at radius 2 is 2.14 bits per heavy atom. The molecular weight excluding hydrogens is 182 g/mol. The van der Waals surface area contributed by atoms with Gasteiger partial charge in [-0.05, 0) is 12.8 Å². The van der Waals surface area contributed by atoms with Gasteiger partial charge in [0.05, 0.1) is 0 Å². The maximum atomic E-state index is 11.2. The number of urea groups is 1. The van der Waals surface area contributed by atoms with Crippen molar-refractivity contribution in [3.8, 4) is 0 Å². The lowest BCUT2D eigenvalue weighted by molar-refractivity contribution is -0.122. The molecule has 2 heterocycles. The number of carbonyl (C=O) groups is 2. The number of carbonyl (C=O) groups excluding carboxylic acids is 2. The van der Waals surface area contributed by atoms with E-state index in [0.29, 0.717) is 6.54 Å². The molecule has 2 aliphatic rings. The van der Waals surface area contributed by atoms with E-state index in [1.54, 1.807) is 4.90 Å². The molecular formula is C9H15N3O2. The molecule has 3 amide bonds. The molecule has 1 unspecified atom stereocenters. The van der Waals surface area contributed by atoms with Crippen LogP contribution >= 0.6 is 0 Å². The van der Waals surface area contributed by atoms with E-state index in [1.165, 1.54) is 0 Å². The molecule has 5 heteroatoms. The minimum absolute atomic E-state index is 0.00315. The Bertz CT molecular complexity index is 228. The van der Waals surface area contributed by atoms with Crippen molar-refractivity contribution in [2.45, 2.75) is 12.8 Å². The van der Waals surface area contributed by atoms with Crippen LogP contribution in [0.5, 0.6) is 0 Å². The normalized spacial score (nSPS) is 26.6. The Hall–Kier alpha value is -1.26. The summed E-state index contributed by atoms with van der Waals surface area (Å²) in [5, 5.41) is 5.54. The molecule has 78 valence electrons. The molecule has 1 atom stereocenters. The van der Waals surface area contributed by atoms with Gasteiger partial charge in [-0.3, -0.25) is 4.79 Å². The summed E-state index contributed by atoms with van der Waals surface area (Å²) in [6.45, 7) is 2.99.